The molecule has 4 heteroatoms. The van der Waals surface area contributed by atoms with E-state index in [0.29, 0.717) is 18.9 Å². The fourth-order valence-corrected chi connectivity index (χ4v) is 2.05. The Morgan fingerprint density at radius 2 is 1.94 bits per heavy atom. The Kier molecular flexibility index (Phi) is 7.48. The minimum atomic E-state index is -0.833. The number of nitrogens with zero attached hydrogens (tertiary/aromatic N) is 1. The van der Waals surface area contributed by atoms with E-state index in [1.807, 2.05) is 6.92 Å². The smallest absolute Gasteiger partial charge is 0.323 e. The first-order chi connectivity index (χ1) is 8.23. The predicted molar refractivity (Wildman–Crippen MR) is 75.9 cm³/mol. The largest absolute Gasteiger partial charge is 0.480 e. The molecule has 0 aliphatic heterocycles. The Morgan fingerprint density at radius 3 is 2.33 bits per heavy atom. The highest BCUT2D eigenvalue weighted by Crippen LogP contribution is 2.17. The lowest BCUT2D eigenvalue weighted by atomic mass is 9.92. The monoisotopic (exact) mass is 258 g/mol. The summed E-state index contributed by atoms with van der Waals surface area (Å²) in [7, 11) is 2.07. The van der Waals surface area contributed by atoms with E-state index in [4.69, 9.17) is 0 Å². The molecule has 0 fully saturated rings. The van der Waals surface area contributed by atoms with Gasteiger partial charge < -0.3 is 15.3 Å². The minimum Gasteiger partial charge on any atom is -0.480 e. The van der Waals surface area contributed by atoms with E-state index in [1.165, 1.54) is 0 Å². The molecule has 18 heavy (non-hydrogen) atoms. The fourth-order valence-electron chi connectivity index (χ4n) is 2.05. The van der Waals surface area contributed by atoms with Crippen molar-refractivity contribution in [3.63, 3.8) is 0 Å². The Balaban J connectivity index is 4.41. The second-order valence-electron chi connectivity index (χ2n) is 5.88. The van der Waals surface area contributed by atoms with Gasteiger partial charge >= 0.3 is 5.97 Å². The molecule has 0 rings (SSSR count). The lowest BCUT2D eigenvalue weighted by Gasteiger charge is -2.33. The second-order valence-corrected chi connectivity index (χ2v) is 5.88. The Hall–Kier alpha value is -0.610. The number of carboxylic acid groups (broad SMARTS) is 1. The third-order valence-corrected chi connectivity index (χ3v) is 3.55. The van der Waals surface area contributed by atoms with Crippen molar-refractivity contribution in [1.82, 2.24) is 10.2 Å². The van der Waals surface area contributed by atoms with E-state index < -0.39 is 11.5 Å². The molecule has 108 valence electrons. The highest BCUT2D eigenvalue weighted by molar-refractivity contribution is 5.78. The molecule has 4 nitrogen and oxygen atoms in total. The Morgan fingerprint density at radius 1 is 1.39 bits per heavy atom. The molecule has 2 N–H and O–H groups in total. The van der Waals surface area contributed by atoms with Gasteiger partial charge in [0.05, 0.1) is 0 Å². The van der Waals surface area contributed by atoms with Crippen molar-refractivity contribution in [1.29, 1.82) is 0 Å². The topological polar surface area (TPSA) is 52.6 Å². The van der Waals surface area contributed by atoms with E-state index in [9.17, 15) is 9.90 Å². The third-order valence-electron chi connectivity index (χ3n) is 3.55. The molecule has 0 aromatic rings. The van der Waals surface area contributed by atoms with E-state index in [2.05, 4.69) is 38.0 Å². The van der Waals surface area contributed by atoms with Crippen LogP contribution in [0.1, 0.15) is 47.5 Å². The standard InChI is InChI=1S/C14H30N2O2/c1-7-15-14(5,13(17)18)10-12(4)16(6)9-8-11(2)3/h11-12,15H,7-10H2,1-6H3,(H,17,18). The summed E-state index contributed by atoms with van der Waals surface area (Å²) in [5, 5.41) is 12.4. The van der Waals surface area contributed by atoms with E-state index in [1.54, 1.807) is 6.92 Å². The van der Waals surface area contributed by atoms with Crippen LogP contribution in [0.5, 0.6) is 0 Å². The molecule has 0 radical (unpaired) electrons. The summed E-state index contributed by atoms with van der Waals surface area (Å²) in [5.74, 6) is -0.0901. The van der Waals surface area contributed by atoms with E-state index >= 15 is 0 Å². The lowest BCUT2D eigenvalue weighted by Crippen LogP contribution is -2.53. The maximum absolute atomic E-state index is 11.4. The first-order valence-corrected chi connectivity index (χ1v) is 6.91. The SMILES string of the molecule is CCNC(C)(CC(C)N(C)CCC(C)C)C(=O)O. The minimum absolute atomic E-state index is 0.254. The fraction of sp³-hybridized carbons (Fsp3) is 0.929. The Bertz CT molecular complexity index is 256. The second kappa shape index (κ2) is 7.74. The van der Waals surface area contributed by atoms with Gasteiger partial charge in [0.2, 0.25) is 0 Å². The molecule has 2 atom stereocenters. The molecular weight excluding hydrogens is 228 g/mol. The van der Waals surface area contributed by atoms with Gasteiger partial charge in [-0.25, -0.2) is 0 Å². The number of rotatable bonds is 9. The molecule has 2 unspecified atom stereocenters. The van der Waals surface area contributed by atoms with Crippen LogP contribution in [0.3, 0.4) is 0 Å². The van der Waals surface area contributed by atoms with Crippen LogP contribution in [0.2, 0.25) is 0 Å². The zero-order valence-corrected chi connectivity index (χ0v) is 12.8. The lowest BCUT2D eigenvalue weighted by molar-refractivity contribution is -0.145. The molecule has 0 aliphatic rings. The normalized spacial score (nSPS) is 16.9. The summed E-state index contributed by atoms with van der Waals surface area (Å²) in [6, 6.07) is 0.254. The van der Waals surface area contributed by atoms with E-state index in [-0.39, 0.29) is 6.04 Å². The van der Waals surface area contributed by atoms with Gasteiger partial charge in [0, 0.05) is 6.04 Å². The van der Waals surface area contributed by atoms with Crippen molar-refractivity contribution in [2.24, 2.45) is 5.92 Å². The zero-order valence-electron chi connectivity index (χ0n) is 12.8. The van der Waals surface area contributed by atoms with Crippen molar-refractivity contribution in [3.8, 4) is 0 Å². The summed E-state index contributed by atoms with van der Waals surface area (Å²) < 4.78 is 0. The quantitative estimate of drug-likeness (QED) is 0.665. The van der Waals surface area contributed by atoms with Crippen molar-refractivity contribution in [3.05, 3.63) is 0 Å². The van der Waals surface area contributed by atoms with Crippen molar-refractivity contribution >= 4 is 5.97 Å². The molecule has 0 bridgehead atoms. The molecule has 0 amide bonds. The third kappa shape index (κ3) is 5.83. The van der Waals surface area contributed by atoms with Crippen LogP contribution in [0.25, 0.3) is 0 Å². The van der Waals surface area contributed by atoms with Crippen LogP contribution in [-0.4, -0.2) is 47.7 Å². The first kappa shape index (κ1) is 17.4. The summed E-state index contributed by atoms with van der Waals surface area (Å²) >= 11 is 0. The zero-order chi connectivity index (χ0) is 14.3. The van der Waals surface area contributed by atoms with Crippen molar-refractivity contribution in [2.75, 3.05) is 20.1 Å². The van der Waals surface area contributed by atoms with Crippen molar-refractivity contribution in [2.45, 2.75) is 59.0 Å². The molecule has 0 saturated carbocycles. The first-order valence-electron chi connectivity index (χ1n) is 6.91. The van der Waals surface area contributed by atoms with Crippen LogP contribution >= 0.6 is 0 Å². The van der Waals surface area contributed by atoms with Gasteiger partial charge in [0.25, 0.3) is 0 Å². The van der Waals surface area contributed by atoms with Crippen LogP contribution in [0, 0.1) is 5.92 Å². The van der Waals surface area contributed by atoms with Crippen LogP contribution in [0.15, 0.2) is 0 Å². The summed E-state index contributed by atoms with van der Waals surface area (Å²) in [5.41, 5.74) is -0.833. The maximum Gasteiger partial charge on any atom is 0.323 e. The molecule has 0 heterocycles. The number of likely N-dealkylation sites (N-methyl/N-ethyl adjacent to an activating group) is 1. The number of carbonyl (C=O) groups is 1. The van der Waals surface area contributed by atoms with Gasteiger partial charge in [-0.1, -0.05) is 20.8 Å². The molecule has 0 aliphatic carbocycles. The highest BCUT2D eigenvalue weighted by atomic mass is 16.4. The number of nitrogens with one attached hydrogen (secondary N) is 1. The van der Waals surface area contributed by atoms with Gasteiger partial charge in [-0.2, -0.15) is 0 Å². The number of carboxylic acids is 1. The molecule has 0 aromatic carbocycles. The number of hydrogen-bond acceptors (Lipinski definition) is 3. The summed E-state index contributed by atoms with van der Waals surface area (Å²) in [4.78, 5) is 13.6. The van der Waals surface area contributed by atoms with Gasteiger partial charge in [-0.3, -0.25) is 4.79 Å². The predicted octanol–water partition coefficient (Wildman–Crippen LogP) is 2.20. The van der Waals surface area contributed by atoms with Gasteiger partial charge in [-0.15, -0.1) is 0 Å². The molecular formula is C14H30N2O2. The van der Waals surface area contributed by atoms with Crippen LogP contribution in [-0.2, 0) is 4.79 Å². The molecule has 0 saturated heterocycles. The highest BCUT2D eigenvalue weighted by Gasteiger charge is 2.34. The summed E-state index contributed by atoms with van der Waals surface area (Å²) in [6.07, 6.45) is 1.76. The van der Waals surface area contributed by atoms with Crippen molar-refractivity contribution < 1.29 is 9.90 Å². The number of hydrogen-bond donors (Lipinski definition) is 2. The average Bonchev–Trinajstić information content (AvgIpc) is 2.25. The average molecular weight is 258 g/mol. The number of aliphatic carboxylic acids is 1. The van der Waals surface area contributed by atoms with Crippen LogP contribution in [0.4, 0.5) is 0 Å². The van der Waals surface area contributed by atoms with Gasteiger partial charge in [0.15, 0.2) is 0 Å². The van der Waals surface area contributed by atoms with Gasteiger partial charge in [-0.05, 0) is 52.7 Å². The summed E-state index contributed by atoms with van der Waals surface area (Å²) in [6.45, 7) is 11.9. The van der Waals surface area contributed by atoms with Gasteiger partial charge in [0.1, 0.15) is 5.54 Å². The molecule has 0 spiro atoms. The van der Waals surface area contributed by atoms with Crippen LogP contribution < -0.4 is 5.32 Å². The van der Waals surface area contributed by atoms with E-state index in [0.717, 1.165) is 13.0 Å². The Labute approximate surface area is 112 Å². The molecule has 0 aromatic heterocycles. The maximum atomic E-state index is 11.4.